The van der Waals surface area contributed by atoms with Crippen LogP contribution in [-0.2, 0) is 4.79 Å². The van der Waals surface area contributed by atoms with E-state index in [-0.39, 0.29) is 11.8 Å². The van der Waals surface area contributed by atoms with Crippen LogP contribution < -0.4 is 20.5 Å². The van der Waals surface area contributed by atoms with E-state index in [0.717, 1.165) is 6.42 Å². The Morgan fingerprint density at radius 3 is 2.53 bits per heavy atom. The first-order valence-electron chi connectivity index (χ1n) is 6.36. The summed E-state index contributed by atoms with van der Waals surface area (Å²) in [4.78, 5) is 11.9. The predicted molar refractivity (Wildman–Crippen MR) is 75.6 cm³/mol. The average Bonchev–Trinajstić information content (AvgIpc) is 2.44. The van der Waals surface area contributed by atoms with Gasteiger partial charge in [0.2, 0.25) is 5.91 Å². The van der Waals surface area contributed by atoms with Gasteiger partial charge < -0.3 is 20.5 Å². The number of ether oxygens (including phenoxy) is 2. The molecule has 0 aliphatic heterocycles. The van der Waals surface area contributed by atoms with Crippen molar-refractivity contribution in [2.24, 2.45) is 11.7 Å². The van der Waals surface area contributed by atoms with E-state index in [1.807, 2.05) is 6.92 Å². The lowest BCUT2D eigenvalue weighted by atomic mass is 10.0. The van der Waals surface area contributed by atoms with E-state index in [1.54, 1.807) is 32.4 Å². The summed E-state index contributed by atoms with van der Waals surface area (Å²) >= 11 is 0. The van der Waals surface area contributed by atoms with E-state index in [2.05, 4.69) is 5.32 Å². The molecule has 0 spiro atoms. The minimum atomic E-state index is -0.0375. The van der Waals surface area contributed by atoms with Crippen molar-refractivity contribution < 1.29 is 14.3 Å². The third kappa shape index (κ3) is 4.44. The van der Waals surface area contributed by atoms with Crippen LogP contribution in [0.25, 0.3) is 0 Å². The first kappa shape index (κ1) is 15.3. The molecule has 0 heterocycles. The first-order valence-corrected chi connectivity index (χ1v) is 6.36. The van der Waals surface area contributed by atoms with Crippen molar-refractivity contribution in [2.45, 2.75) is 19.8 Å². The van der Waals surface area contributed by atoms with Gasteiger partial charge >= 0.3 is 0 Å². The maximum atomic E-state index is 11.9. The maximum Gasteiger partial charge on any atom is 0.224 e. The molecule has 5 heteroatoms. The highest BCUT2D eigenvalue weighted by atomic mass is 16.5. The average molecular weight is 266 g/mol. The van der Waals surface area contributed by atoms with Crippen LogP contribution in [0.4, 0.5) is 5.69 Å². The van der Waals surface area contributed by atoms with E-state index in [9.17, 15) is 4.79 Å². The van der Waals surface area contributed by atoms with Gasteiger partial charge in [-0.3, -0.25) is 4.79 Å². The Hall–Kier alpha value is -1.75. The fourth-order valence-electron chi connectivity index (χ4n) is 1.78. The molecule has 0 fully saturated rings. The van der Waals surface area contributed by atoms with Crippen LogP contribution in [0, 0.1) is 5.92 Å². The molecule has 0 aliphatic rings. The topological polar surface area (TPSA) is 73.6 Å². The zero-order valence-electron chi connectivity index (χ0n) is 11.7. The molecule has 3 N–H and O–H groups in total. The first-order chi connectivity index (χ1) is 9.14. The second-order valence-electron chi connectivity index (χ2n) is 4.33. The number of anilines is 1. The molecule has 1 rings (SSSR count). The largest absolute Gasteiger partial charge is 0.493 e. The zero-order chi connectivity index (χ0) is 14.3. The normalized spacial score (nSPS) is 11.8. The molecular weight excluding hydrogens is 244 g/mol. The van der Waals surface area contributed by atoms with Gasteiger partial charge in [0.1, 0.15) is 0 Å². The second-order valence-corrected chi connectivity index (χ2v) is 4.33. The number of carbonyl (C=O) groups excluding carboxylic acids is 1. The standard InChI is InChI=1S/C14H22N2O3/c1-4-10(9-15)7-14(17)16-11-5-6-12(18-2)13(8-11)19-3/h5-6,8,10H,4,7,9,15H2,1-3H3,(H,16,17). The van der Waals surface area contributed by atoms with E-state index >= 15 is 0 Å². The summed E-state index contributed by atoms with van der Waals surface area (Å²) in [6.45, 7) is 2.55. The molecule has 1 amide bonds. The molecule has 0 radical (unpaired) electrons. The van der Waals surface area contributed by atoms with E-state index in [4.69, 9.17) is 15.2 Å². The van der Waals surface area contributed by atoms with Crippen LogP contribution in [-0.4, -0.2) is 26.7 Å². The highest BCUT2D eigenvalue weighted by molar-refractivity contribution is 5.91. The molecule has 1 atom stereocenters. The van der Waals surface area contributed by atoms with Crippen LogP contribution >= 0.6 is 0 Å². The fourth-order valence-corrected chi connectivity index (χ4v) is 1.78. The summed E-state index contributed by atoms with van der Waals surface area (Å²) < 4.78 is 10.3. The highest BCUT2D eigenvalue weighted by Gasteiger charge is 2.12. The van der Waals surface area contributed by atoms with Gasteiger partial charge in [-0.05, 0) is 24.6 Å². The molecular formula is C14H22N2O3. The van der Waals surface area contributed by atoms with E-state index in [0.29, 0.717) is 30.2 Å². The Morgan fingerprint density at radius 2 is 2.00 bits per heavy atom. The van der Waals surface area contributed by atoms with Crippen LogP contribution in [0.15, 0.2) is 18.2 Å². The number of methoxy groups -OCH3 is 2. The molecule has 1 unspecified atom stereocenters. The summed E-state index contributed by atoms with van der Waals surface area (Å²) in [5.74, 6) is 1.41. The third-order valence-electron chi connectivity index (χ3n) is 3.05. The number of benzene rings is 1. The van der Waals surface area contributed by atoms with Crippen molar-refractivity contribution >= 4 is 11.6 Å². The Morgan fingerprint density at radius 1 is 1.32 bits per heavy atom. The summed E-state index contributed by atoms with van der Waals surface area (Å²) in [5, 5.41) is 2.84. The van der Waals surface area contributed by atoms with Gasteiger partial charge in [0.05, 0.1) is 14.2 Å². The Bertz CT molecular complexity index is 417. The lowest BCUT2D eigenvalue weighted by molar-refractivity contribution is -0.117. The Balaban J connectivity index is 2.69. The molecule has 0 saturated heterocycles. The number of hydrogen-bond acceptors (Lipinski definition) is 4. The summed E-state index contributed by atoms with van der Waals surface area (Å²) in [5.41, 5.74) is 6.28. The lowest BCUT2D eigenvalue weighted by Gasteiger charge is -2.13. The minimum Gasteiger partial charge on any atom is -0.493 e. The highest BCUT2D eigenvalue weighted by Crippen LogP contribution is 2.29. The molecule has 19 heavy (non-hydrogen) atoms. The lowest BCUT2D eigenvalue weighted by Crippen LogP contribution is -2.21. The van der Waals surface area contributed by atoms with Gasteiger partial charge in [-0.25, -0.2) is 0 Å². The van der Waals surface area contributed by atoms with Crippen LogP contribution in [0.2, 0.25) is 0 Å². The SMILES string of the molecule is CCC(CN)CC(=O)Nc1ccc(OC)c(OC)c1. The fraction of sp³-hybridized carbons (Fsp3) is 0.500. The number of rotatable bonds is 7. The Kier molecular flexibility index (Phi) is 6.15. The molecule has 1 aromatic carbocycles. The molecule has 1 aromatic rings. The zero-order valence-corrected chi connectivity index (χ0v) is 11.7. The van der Waals surface area contributed by atoms with E-state index in [1.165, 1.54) is 0 Å². The monoisotopic (exact) mass is 266 g/mol. The van der Waals surface area contributed by atoms with E-state index < -0.39 is 0 Å². The minimum absolute atomic E-state index is 0.0375. The quantitative estimate of drug-likeness (QED) is 0.792. The van der Waals surface area contributed by atoms with Gasteiger partial charge in [0.15, 0.2) is 11.5 Å². The molecule has 0 bridgehead atoms. The molecule has 0 aromatic heterocycles. The molecule has 0 saturated carbocycles. The number of hydrogen-bond donors (Lipinski definition) is 2. The van der Waals surface area contributed by atoms with Crippen LogP contribution in [0.1, 0.15) is 19.8 Å². The summed E-state index contributed by atoms with van der Waals surface area (Å²) in [6, 6.07) is 5.28. The van der Waals surface area contributed by atoms with Crippen molar-refractivity contribution in [3.63, 3.8) is 0 Å². The second kappa shape index (κ2) is 7.63. The van der Waals surface area contributed by atoms with Crippen molar-refractivity contribution in [3.8, 4) is 11.5 Å². The Labute approximate surface area is 114 Å². The molecule has 5 nitrogen and oxygen atoms in total. The number of nitrogens with one attached hydrogen (secondary N) is 1. The van der Waals surface area contributed by atoms with Crippen molar-refractivity contribution in [2.75, 3.05) is 26.1 Å². The van der Waals surface area contributed by atoms with Crippen LogP contribution in [0.3, 0.4) is 0 Å². The van der Waals surface area contributed by atoms with Crippen molar-refractivity contribution in [1.29, 1.82) is 0 Å². The van der Waals surface area contributed by atoms with Gasteiger partial charge in [-0.1, -0.05) is 13.3 Å². The number of amides is 1. The van der Waals surface area contributed by atoms with Crippen molar-refractivity contribution in [3.05, 3.63) is 18.2 Å². The van der Waals surface area contributed by atoms with Crippen LogP contribution in [0.5, 0.6) is 11.5 Å². The van der Waals surface area contributed by atoms with Gasteiger partial charge in [0, 0.05) is 18.2 Å². The smallest absolute Gasteiger partial charge is 0.224 e. The van der Waals surface area contributed by atoms with Gasteiger partial charge in [-0.15, -0.1) is 0 Å². The van der Waals surface area contributed by atoms with Crippen molar-refractivity contribution in [1.82, 2.24) is 0 Å². The number of nitrogens with two attached hydrogens (primary N) is 1. The molecule has 0 aliphatic carbocycles. The third-order valence-corrected chi connectivity index (χ3v) is 3.05. The predicted octanol–water partition coefficient (Wildman–Crippen LogP) is 2.02. The van der Waals surface area contributed by atoms with Gasteiger partial charge in [-0.2, -0.15) is 0 Å². The summed E-state index contributed by atoms with van der Waals surface area (Å²) in [6.07, 6.45) is 1.33. The number of carbonyl (C=O) groups is 1. The summed E-state index contributed by atoms with van der Waals surface area (Å²) in [7, 11) is 3.13. The molecule has 106 valence electrons. The van der Waals surface area contributed by atoms with Gasteiger partial charge in [0.25, 0.3) is 0 Å². The maximum absolute atomic E-state index is 11.9.